The average Bonchev–Trinajstić information content (AvgIpc) is 2.83. The minimum atomic E-state index is 0.185. The number of rotatable bonds is 3. The van der Waals surface area contributed by atoms with Gasteiger partial charge < -0.3 is 5.32 Å². The Morgan fingerprint density at radius 3 is 2.41 bits per heavy atom. The third kappa shape index (κ3) is 2.99. The molecule has 1 heterocycles. The van der Waals surface area contributed by atoms with Gasteiger partial charge in [0, 0.05) is 12.7 Å². The fourth-order valence-electron chi connectivity index (χ4n) is 2.09. The van der Waals surface area contributed by atoms with Gasteiger partial charge in [-0.3, -0.25) is 0 Å². The van der Waals surface area contributed by atoms with Crippen molar-refractivity contribution in [1.29, 1.82) is 0 Å². The predicted octanol–water partition coefficient (Wildman–Crippen LogP) is 3.84. The largest absolute Gasteiger partial charge is 0.370 e. The van der Waals surface area contributed by atoms with E-state index in [4.69, 9.17) is 0 Å². The fourth-order valence-corrected chi connectivity index (χ4v) is 2.09. The highest BCUT2D eigenvalue weighted by Gasteiger charge is 2.44. The van der Waals surface area contributed by atoms with Crippen molar-refractivity contribution < 1.29 is 0 Å². The van der Waals surface area contributed by atoms with Gasteiger partial charge in [-0.1, -0.05) is 40.7 Å². The summed E-state index contributed by atoms with van der Waals surface area (Å²) in [5.41, 5.74) is 2.01. The first-order chi connectivity index (χ1) is 7.79. The van der Waals surface area contributed by atoms with Gasteiger partial charge >= 0.3 is 0 Å². The van der Waals surface area contributed by atoms with Gasteiger partial charge in [0.05, 0.1) is 0 Å². The van der Waals surface area contributed by atoms with Crippen LogP contribution in [0.1, 0.15) is 46.6 Å². The molecule has 2 heteroatoms. The predicted molar refractivity (Wildman–Crippen MR) is 73.3 cm³/mol. The summed E-state index contributed by atoms with van der Waals surface area (Å²) in [6.07, 6.45) is 3.32. The monoisotopic (exact) mass is 232 g/mol. The van der Waals surface area contributed by atoms with Gasteiger partial charge in [0.2, 0.25) is 0 Å². The van der Waals surface area contributed by atoms with Crippen molar-refractivity contribution in [3.63, 3.8) is 0 Å². The molecular formula is C15H24N2. The molecule has 0 amide bonds. The van der Waals surface area contributed by atoms with Crippen molar-refractivity contribution in [2.75, 3.05) is 11.9 Å². The summed E-state index contributed by atoms with van der Waals surface area (Å²) >= 11 is 0. The third-order valence-electron chi connectivity index (χ3n) is 3.88. The molecule has 1 atom stereocenters. The van der Waals surface area contributed by atoms with Gasteiger partial charge in [0.1, 0.15) is 5.82 Å². The van der Waals surface area contributed by atoms with E-state index >= 15 is 0 Å². The molecule has 94 valence electrons. The molecule has 1 aliphatic rings. The summed E-state index contributed by atoms with van der Waals surface area (Å²) in [4.78, 5) is 4.48. The fraction of sp³-hybridized carbons (Fsp3) is 0.667. The Morgan fingerprint density at radius 2 is 2.00 bits per heavy atom. The highest BCUT2D eigenvalue weighted by molar-refractivity contribution is 5.37. The van der Waals surface area contributed by atoms with E-state index in [-0.39, 0.29) is 5.41 Å². The van der Waals surface area contributed by atoms with Gasteiger partial charge in [-0.2, -0.15) is 0 Å². The minimum Gasteiger partial charge on any atom is -0.370 e. The lowest BCUT2D eigenvalue weighted by Gasteiger charge is -2.18. The SMILES string of the molecule is CC(C)(C)c1ccc(NCC2CC2(C)C)nc1. The standard InChI is InChI=1S/C15H24N2/c1-14(2,3)11-6-7-13(16-9-11)17-10-12-8-15(12,4)5/h6-7,9,12H,8,10H2,1-5H3,(H,16,17). The maximum absolute atomic E-state index is 4.48. The zero-order chi connectivity index (χ0) is 12.7. The van der Waals surface area contributed by atoms with Gasteiger partial charge in [0.15, 0.2) is 0 Å². The first kappa shape index (κ1) is 12.4. The number of nitrogens with one attached hydrogen (secondary N) is 1. The van der Waals surface area contributed by atoms with Crippen LogP contribution in [-0.2, 0) is 5.41 Å². The molecule has 2 nitrogen and oxygen atoms in total. The molecule has 1 aromatic heterocycles. The number of hydrogen-bond donors (Lipinski definition) is 1. The molecule has 17 heavy (non-hydrogen) atoms. The Morgan fingerprint density at radius 1 is 1.35 bits per heavy atom. The third-order valence-corrected chi connectivity index (χ3v) is 3.88. The number of aromatic nitrogens is 1. The molecule has 0 aromatic carbocycles. The van der Waals surface area contributed by atoms with Crippen molar-refractivity contribution in [3.8, 4) is 0 Å². The lowest BCUT2D eigenvalue weighted by Crippen LogP contribution is -2.12. The summed E-state index contributed by atoms with van der Waals surface area (Å²) in [5, 5.41) is 3.43. The van der Waals surface area contributed by atoms with Crippen LogP contribution >= 0.6 is 0 Å². The first-order valence-corrected chi connectivity index (χ1v) is 6.49. The molecule has 1 fully saturated rings. The van der Waals surface area contributed by atoms with Crippen molar-refractivity contribution >= 4 is 5.82 Å². The Kier molecular flexibility index (Phi) is 2.92. The normalized spacial score (nSPS) is 22.3. The van der Waals surface area contributed by atoms with E-state index in [9.17, 15) is 0 Å². The van der Waals surface area contributed by atoms with E-state index in [0.717, 1.165) is 18.3 Å². The highest BCUT2D eigenvalue weighted by Crippen LogP contribution is 2.51. The second kappa shape index (κ2) is 4.01. The molecule has 1 N–H and O–H groups in total. The van der Waals surface area contributed by atoms with Crippen LogP contribution in [0, 0.1) is 11.3 Å². The number of nitrogens with zero attached hydrogens (tertiary/aromatic N) is 1. The molecule has 0 spiro atoms. The molecule has 1 unspecified atom stereocenters. The number of anilines is 1. The van der Waals surface area contributed by atoms with E-state index in [0.29, 0.717) is 5.41 Å². The summed E-state index contributed by atoms with van der Waals surface area (Å²) in [7, 11) is 0. The highest BCUT2D eigenvalue weighted by atomic mass is 15.0. The number of hydrogen-bond acceptors (Lipinski definition) is 2. The molecule has 0 aliphatic heterocycles. The topological polar surface area (TPSA) is 24.9 Å². The van der Waals surface area contributed by atoms with Crippen LogP contribution in [0.4, 0.5) is 5.82 Å². The summed E-state index contributed by atoms with van der Waals surface area (Å²) in [6.45, 7) is 12.3. The quantitative estimate of drug-likeness (QED) is 0.856. The molecule has 0 saturated heterocycles. The van der Waals surface area contributed by atoms with Crippen LogP contribution in [0.3, 0.4) is 0 Å². The van der Waals surface area contributed by atoms with Gasteiger partial charge in [-0.15, -0.1) is 0 Å². The Bertz CT molecular complexity index is 384. The van der Waals surface area contributed by atoms with Crippen LogP contribution in [0.25, 0.3) is 0 Å². The molecule has 1 aromatic rings. The molecule has 1 saturated carbocycles. The van der Waals surface area contributed by atoms with Crippen molar-refractivity contribution in [2.24, 2.45) is 11.3 Å². The van der Waals surface area contributed by atoms with E-state index in [1.807, 2.05) is 6.20 Å². The van der Waals surface area contributed by atoms with Gasteiger partial charge in [0.25, 0.3) is 0 Å². The van der Waals surface area contributed by atoms with Crippen LogP contribution in [0.15, 0.2) is 18.3 Å². The summed E-state index contributed by atoms with van der Waals surface area (Å²) in [6, 6.07) is 4.27. The summed E-state index contributed by atoms with van der Waals surface area (Å²) < 4.78 is 0. The van der Waals surface area contributed by atoms with Crippen LogP contribution in [-0.4, -0.2) is 11.5 Å². The maximum Gasteiger partial charge on any atom is 0.125 e. The lowest BCUT2D eigenvalue weighted by molar-refractivity contribution is 0.572. The molecule has 0 radical (unpaired) electrons. The second-order valence-corrected chi connectivity index (χ2v) is 6.95. The van der Waals surface area contributed by atoms with Gasteiger partial charge in [-0.25, -0.2) is 4.98 Å². The van der Waals surface area contributed by atoms with Crippen molar-refractivity contribution in [3.05, 3.63) is 23.9 Å². The molecule has 0 bridgehead atoms. The Labute approximate surface area is 105 Å². The Hall–Kier alpha value is -1.05. The van der Waals surface area contributed by atoms with Crippen molar-refractivity contribution in [2.45, 2.75) is 46.5 Å². The van der Waals surface area contributed by atoms with E-state index in [2.05, 4.69) is 57.1 Å². The maximum atomic E-state index is 4.48. The first-order valence-electron chi connectivity index (χ1n) is 6.49. The van der Waals surface area contributed by atoms with Crippen LogP contribution in [0.2, 0.25) is 0 Å². The van der Waals surface area contributed by atoms with E-state index < -0.39 is 0 Å². The van der Waals surface area contributed by atoms with Crippen LogP contribution in [0.5, 0.6) is 0 Å². The zero-order valence-corrected chi connectivity index (χ0v) is 11.7. The zero-order valence-electron chi connectivity index (χ0n) is 11.7. The number of pyridine rings is 1. The summed E-state index contributed by atoms with van der Waals surface area (Å²) in [5.74, 6) is 1.81. The molecule has 1 aliphatic carbocycles. The molecule has 2 rings (SSSR count). The minimum absolute atomic E-state index is 0.185. The van der Waals surface area contributed by atoms with Crippen LogP contribution < -0.4 is 5.32 Å². The Balaban J connectivity index is 1.91. The lowest BCUT2D eigenvalue weighted by atomic mass is 9.88. The molecular weight excluding hydrogens is 208 g/mol. The average molecular weight is 232 g/mol. The van der Waals surface area contributed by atoms with E-state index in [1.54, 1.807) is 0 Å². The van der Waals surface area contributed by atoms with Crippen molar-refractivity contribution in [1.82, 2.24) is 4.98 Å². The van der Waals surface area contributed by atoms with Gasteiger partial charge in [-0.05, 0) is 34.8 Å². The second-order valence-electron chi connectivity index (χ2n) is 6.95. The van der Waals surface area contributed by atoms with E-state index in [1.165, 1.54) is 12.0 Å². The smallest absolute Gasteiger partial charge is 0.125 e.